The molecule has 74 valence electrons. The van der Waals surface area contributed by atoms with Crippen molar-refractivity contribution in [1.82, 2.24) is 9.55 Å². The molecule has 0 bridgehead atoms. The number of carbonyl (C=O) groups is 1. The van der Waals surface area contributed by atoms with Gasteiger partial charge in [-0.3, -0.25) is 9.78 Å². The molecule has 0 aliphatic heterocycles. The number of aromatic amines is 1. The van der Waals surface area contributed by atoms with E-state index >= 15 is 0 Å². The third-order valence-corrected chi connectivity index (χ3v) is 1.54. The summed E-state index contributed by atoms with van der Waals surface area (Å²) in [6, 6.07) is 0. The van der Waals surface area contributed by atoms with Crippen LogP contribution in [0.1, 0.15) is 5.56 Å². The standard InChI is InChI=1S/C8H8N2O4/c1-10-4-5(2-3-6(11)12)7(13)9-8(10)14/h2-4H,1H3,(H,11,12)(H,9,13,14)/b3-2+. The molecule has 14 heavy (non-hydrogen) atoms. The van der Waals surface area contributed by atoms with Crippen LogP contribution in [0, 0.1) is 0 Å². The molecule has 0 atom stereocenters. The number of nitrogens with one attached hydrogen (secondary N) is 1. The Morgan fingerprint density at radius 1 is 1.57 bits per heavy atom. The number of aliphatic carboxylic acids is 1. The van der Waals surface area contributed by atoms with Gasteiger partial charge in [0.1, 0.15) is 0 Å². The second kappa shape index (κ2) is 3.73. The Morgan fingerprint density at radius 2 is 2.21 bits per heavy atom. The van der Waals surface area contributed by atoms with Crippen LogP contribution in [0.4, 0.5) is 0 Å². The first-order valence-electron chi connectivity index (χ1n) is 3.71. The Labute approximate surface area is 78.1 Å². The van der Waals surface area contributed by atoms with Gasteiger partial charge < -0.3 is 9.67 Å². The van der Waals surface area contributed by atoms with Crippen molar-refractivity contribution in [3.8, 4) is 0 Å². The lowest BCUT2D eigenvalue weighted by Gasteiger charge is -1.96. The van der Waals surface area contributed by atoms with Gasteiger partial charge in [0.15, 0.2) is 0 Å². The van der Waals surface area contributed by atoms with Crippen LogP contribution in [-0.4, -0.2) is 20.6 Å². The van der Waals surface area contributed by atoms with Crippen LogP contribution in [0.2, 0.25) is 0 Å². The molecular formula is C8H8N2O4. The first-order valence-corrected chi connectivity index (χ1v) is 3.71. The van der Waals surface area contributed by atoms with Gasteiger partial charge >= 0.3 is 11.7 Å². The largest absolute Gasteiger partial charge is 0.478 e. The lowest BCUT2D eigenvalue weighted by atomic mass is 10.3. The molecule has 0 amide bonds. The van der Waals surface area contributed by atoms with E-state index in [4.69, 9.17) is 5.11 Å². The fraction of sp³-hybridized carbons (Fsp3) is 0.125. The summed E-state index contributed by atoms with van der Waals surface area (Å²) in [5.41, 5.74) is -1.03. The highest BCUT2D eigenvalue weighted by Crippen LogP contribution is 1.90. The Balaban J connectivity index is 3.24. The van der Waals surface area contributed by atoms with Gasteiger partial charge in [-0.25, -0.2) is 9.59 Å². The topological polar surface area (TPSA) is 92.2 Å². The molecule has 1 aromatic rings. The highest BCUT2D eigenvalue weighted by molar-refractivity contribution is 5.85. The zero-order valence-corrected chi connectivity index (χ0v) is 7.35. The minimum Gasteiger partial charge on any atom is -0.478 e. The monoisotopic (exact) mass is 196 g/mol. The van der Waals surface area contributed by atoms with Crippen molar-refractivity contribution < 1.29 is 9.90 Å². The number of carboxylic acid groups (broad SMARTS) is 1. The van der Waals surface area contributed by atoms with Crippen molar-refractivity contribution in [3.63, 3.8) is 0 Å². The zero-order chi connectivity index (χ0) is 10.7. The number of rotatable bonds is 2. The third kappa shape index (κ3) is 2.19. The summed E-state index contributed by atoms with van der Waals surface area (Å²) in [6.07, 6.45) is 3.22. The normalized spacial score (nSPS) is 10.6. The van der Waals surface area contributed by atoms with Crippen LogP contribution >= 0.6 is 0 Å². The van der Waals surface area contributed by atoms with Crippen LogP contribution in [0.3, 0.4) is 0 Å². The molecule has 0 radical (unpaired) electrons. The van der Waals surface area contributed by atoms with Crippen LogP contribution in [-0.2, 0) is 11.8 Å². The van der Waals surface area contributed by atoms with E-state index in [1.165, 1.54) is 13.2 Å². The van der Waals surface area contributed by atoms with Crippen molar-refractivity contribution in [2.45, 2.75) is 0 Å². The van der Waals surface area contributed by atoms with Crippen LogP contribution in [0.15, 0.2) is 21.9 Å². The van der Waals surface area contributed by atoms with Crippen LogP contribution in [0.5, 0.6) is 0 Å². The van der Waals surface area contributed by atoms with Gasteiger partial charge in [-0.1, -0.05) is 0 Å². The zero-order valence-electron chi connectivity index (χ0n) is 7.35. The molecule has 0 saturated carbocycles. The van der Waals surface area contributed by atoms with Crippen molar-refractivity contribution in [2.24, 2.45) is 7.05 Å². The van der Waals surface area contributed by atoms with Gasteiger partial charge in [0.2, 0.25) is 0 Å². The second-order valence-electron chi connectivity index (χ2n) is 2.63. The van der Waals surface area contributed by atoms with E-state index in [1.54, 1.807) is 0 Å². The Bertz CT molecular complexity index is 495. The van der Waals surface area contributed by atoms with Crippen molar-refractivity contribution >= 4 is 12.0 Å². The van der Waals surface area contributed by atoms with E-state index < -0.39 is 17.2 Å². The smallest absolute Gasteiger partial charge is 0.328 e. The summed E-state index contributed by atoms with van der Waals surface area (Å²) in [6.45, 7) is 0. The van der Waals surface area contributed by atoms with Gasteiger partial charge in [-0.05, 0) is 6.08 Å². The SMILES string of the molecule is Cn1cc(/C=C/C(=O)O)c(=O)[nH]c1=O. The van der Waals surface area contributed by atoms with E-state index in [0.29, 0.717) is 0 Å². The molecule has 6 nitrogen and oxygen atoms in total. The minimum absolute atomic E-state index is 0.120. The maximum absolute atomic E-state index is 11.1. The maximum atomic E-state index is 11.1. The summed E-state index contributed by atoms with van der Waals surface area (Å²) in [5.74, 6) is -1.15. The second-order valence-corrected chi connectivity index (χ2v) is 2.63. The highest BCUT2D eigenvalue weighted by Gasteiger charge is 1.98. The van der Waals surface area contributed by atoms with E-state index in [0.717, 1.165) is 16.7 Å². The summed E-state index contributed by atoms with van der Waals surface area (Å²) in [5, 5.41) is 8.32. The van der Waals surface area contributed by atoms with E-state index in [1.807, 2.05) is 4.98 Å². The van der Waals surface area contributed by atoms with E-state index in [-0.39, 0.29) is 5.56 Å². The van der Waals surface area contributed by atoms with Gasteiger partial charge in [0.05, 0.1) is 5.56 Å². The Hall–Kier alpha value is -2.11. The van der Waals surface area contributed by atoms with Gasteiger partial charge in [-0.15, -0.1) is 0 Å². The molecule has 0 aromatic carbocycles. The number of aryl methyl sites for hydroxylation is 1. The first-order chi connectivity index (χ1) is 6.50. The number of H-pyrrole nitrogens is 1. The lowest BCUT2D eigenvalue weighted by Crippen LogP contribution is -2.28. The Morgan fingerprint density at radius 3 is 2.79 bits per heavy atom. The van der Waals surface area contributed by atoms with Gasteiger partial charge in [0, 0.05) is 19.3 Å². The van der Waals surface area contributed by atoms with Crippen molar-refractivity contribution in [2.75, 3.05) is 0 Å². The predicted octanol–water partition coefficient (Wildman–Crippen LogP) is -0.829. The maximum Gasteiger partial charge on any atom is 0.328 e. The highest BCUT2D eigenvalue weighted by atomic mass is 16.4. The Kier molecular flexibility index (Phi) is 2.66. The summed E-state index contributed by atoms with van der Waals surface area (Å²) >= 11 is 0. The molecule has 0 aliphatic rings. The number of hydrogen-bond donors (Lipinski definition) is 2. The summed E-state index contributed by atoms with van der Waals surface area (Å²) in [7, 11) is 1.45. The minimum atomic E-state index is -1.15. The fourth-order valence-corrected chi connectivity index (χ4v) is 0.863. The van der Waals surface area contributed by atoms with Gasteiger partial charge in [0.25, 0.3) is 5.56 Å². The molecule has 0 aliphatic carbocycles. The molecule has 0 fully saturated rings. The molecule has 0 spiro atoms. The number of nitrogens with zero attached hydrogens (tertiary/aromatic N) is 1. The number of aromatic nitrogens is 2. The van der Waals surface area contributed by atoms with Crippen molar-refractivity contribution in [3.05, 3.63) is 38.7 Å². The van der Waals surface area contributed by atoms with Crippen LogP contribution in [0.25, 0.3) is 6.08 Å². The lowest BCUT2D eigenvalue weighted by molar-refractivity contribution is -0.131. The third-order valence-electron chi connectivity index (χ3n) is 1.54. The molecule has 6 heteroatoms. The molecule has 1 aromatic heterocycles. The van der Waals surface area contributed by atoms with E-state index in [9.17, 15) is 14.4 Å². The molecular weight excluding hydrogens is 188 g/mol. The van der Waals surface area contributed by atoms with E-state index in [2.05, 4.69) is 0 Å². The summed E-state index contributed by atoms with van der Waals surface area (Å²) in [4.78, 5) is 34.2. The average molecular weight is 196 g/mol. The summed E-state index contributed by atoms with van der Waals surface area (Å²) < 4.78 is 1.16. The number of hydrogen-bond acceptors (Lipinski definition) is 3. The van der Waals surface area contributed by atoms with Gasteiger partial charge in [-0.2, -0.15) is 0 Å². The van der Waals surface area contributed by atoms with Crippen LogP contribution < -0.4 is 11.2 Å². The van der Waals surface area contributed by atoms with Crippen molar-refractivity contribution in [1.29, 1.82) is 0 Å². The fourth-order valence-electron chi connectivity index (χ4n) is 0.863. The molecule has 1 rings (SSSR count). The first kappa shape index (κ1) is 9.97. The molecule has 1 heterocycles. The average Bonchev–Trinajstić information content (AvgIpc) is 2.09. The molecule has 0 unspecified atom stereocenters. The molecule has 2 N–H and O–H groups in total. The quantitative estimate of drug-likeness (QED) is 0.604. The predicted molar refractivity (Wildman–Crippen MR) is 49.0 cm³/mol. The molecule has 0 saturated heterocycles. The number of carboxylic acids is 1.